The molecule has 2 nitrogen and oxygen atoms in total. The van der Waals surface area contributed by atoms with Crippen LogP contribution in [0.5, 0.6) is 0 Å². The number of nitrogens with one attached hydrogen (secondary N) is 1. The molecule has 0 aliphatic heterocycles. The molecule has 10 heavy (non-hydrogen) atoms. The number of hydrogen-bond acceptors (Lipinski definition) is 1. The van der Waals surface area contributed by atoms with E-state index in [4.69, 9.17) is 0 Å². The summed E-state index contributed by atoms with van der Waals surface area (Å²) in [5.41, 5.74) is 1.11. The molecule has 0 aromatic carbocycles. The third-order valence-electron chi connectivity index (χ3n) is 0.635. The fraction of sp³-hybridized carbons (Fsp3) is 0.625. The van der Waals surface area contributed by atoms with Crippen molar-refractivity contribution in [3.8, 4) is 0 Å². The van der Waals surface area contributed by atoms with Crippen LogP contribution in [-0.4, -0.2) is 9.97 Å². The zero-order valence-corrected chi connectivity index (χ0v) is 7.60. The maximum atomic E-state index is 3.77. The summed E-state index contributed by atoms with van der Waals surface area (Å²) in [6, 6.07) is 0. The first-order chi connectivity index (χ1) is 4.89. The zero-order chi connectivity index (χ0) is 8.41. The van der Waals surface area contributed by atoms with Gasteiger partial charge in [0.25, 0.3) is 0 Å². The van der Waals surface area contributed by atoms with Crippen LogP contribution in [0.3, 0.4) is 0 Å². The smallest absolute Gasteiger partial charge is 0.0921 e. The molecule has 1 rings (SSSR count). The third-order valence-corrected chi connectivity index (χ3v) is 0.635. The average molecular weight is 144 g/mol. The lowest BCUT2D eigenvalue weighted by Gasteiger charge is -1.67. The molecule has 1 aromatic heterocycles. The first-order valence-corrected chi connectivity index (χ1v) is 3.84. The highest BCUT2D eigenvalue weighted by atomic mass is 14.8. The molecular weight excluding hydrogens is 124 g/mol. The van der Waals surface area contributed by atoms with Crippen molar-refractivity contribution < 1.29 is 1.43 Å². The van der Waals surface area contributed by atoms with Crippen LogP contribution < -0.4 is 0 Å². The van der Waals surface area contributed by atoms with Crippen LogP contribution in [0.25, 0.3) is 0 Å². The van der Waals surface area contributed by atoms with Gasteiger partial charge in [-0.15, -0.1) is 0 Å². The minimum Gasteiger partial charge on any atom is -0.349 e. The largest absolute Gasteiger partial charge is 0.349 e. The maximum absolute atomic E-state index is 3.77. The summed E-state index contributed by atoms with van der Waals surface area (Å²) in [5, 5.41) is 0. The van der Waals surface area contributed by atoms with Gasteiger partial charge < -0.3 is 4.98 Å². The van der Waals surface area contributed by atoms with Gasteiger partial charge >= 0.3 is 0 Å². The summed E-state index contributed by atoms with van der Waals surface area (Å²) in [5.74, 6) is 0. The van der Waals surface area contributed by atoms with E-state index in [9.17, 15) is 0 Å². The van der Waals surface area contributed by atoms with E-state index in [-0.39, 0.29) is 1.43 Å². The number of rotatable bonds is 0. The Morgan fingerprint density at radius 2 is 1.80 bits per heavy atom. The van der Waals surface area contributed by atoms with Crippen molar-refractivity contribution in [3.63, 3.8) is 0 Å². The van der Waals surface area contributed by atoms with Crippen LogP contribution in [0.2, 0.25) is 0 Å². The Hall–Kier alpha value is -0.790. The van der Waals surface area contributed by atoms with E-state index in [0.29, 0.717) is 0 Å². The maximum Gasteiger partial charge on any atom is 0.0921 e. The molecule has 0 radical (unpaired) electrons. The molecule has 1 heterocycles. The predicted octanol–water partition coefficient (Wildman–Crippen LogP) is 3.02. The molecule has 0 atom stereocenters. The van der Waals surface area contributed by atoms with E-state index in [0.717, 1.165) is 5.69 Å². The lowest BCUT2D eigenvalue weighted by atomic mass is 10.6. The van der Waals surface area contributed by atoms with Crippen LogP contribution >= 0.6 is 0 Å². The van der Waals surface area contributed by atoms with Crippen molar-refractivity contribution in [2.45, 2.75) is 34.6 Å². The second-order valence-electron chi connectivity index (χ2n) is 1.23. The van der Waals surface area contributed by atoms with Crippen molar-refractivity contribution in [1.29, 1.82) is 0 Å². The van der Waals surface area contributed by atoms with Crippen molar-refractivity contribution in [2.75, 3.05) is 0 Å². The van der Waals surface area contributed by atoms with Gasteiger partial charge in [0.1, 0.15) is 0 Å². The number of aryl methyl sites for hydroxylation is 1. The number of nitrogens with zero attached hydrogens (tertiary/aromatic N) is 1. The van der Waals surface area contributed by atoms with Crippen molar-refractivity contribution in [3.05, 3.63) is 18.2 Å². The van der Waals surface area contributed by atoms with Gasteiger partial charge in [-0.1, -0.05) is 27.7 Å². The Balaban J connectivity index is -0.000000114. The molecule has 0 aliphatic rings. The fourth-order valence-corrected chi connectivity index (χ4v) is 0.325. The van der Waals surface area contributed by atoms with Crippen LogP contribution in [0.4, 0.5) is 0 Å². The quantitative estimate of drug-likeness (QED) is 0.595. The van der Waals surface area contributed by atoms with Gasteiger partial charge in [-0.25, -0.2) is 4.98 Å². The number of hydrogen-bond donors (Lipinski definition) is 1. The zero-order valence-electron chi connectivity index (χ0n) is 7.60. The van der Waals surface area contributed by atoms with Crippen LogP contribution in [0.15, 0.2) is 12.5 Å². The molecule has 0 fully saturated rings. The Kier molecular flexibility index (Phi) is 13.2. The normalized spacial score (nSPS) is 6.50. The molecule has 0 saturated carbocycles. The van der Waals surface area contributed by atoms with E-state index in [2.05, 4.69) is 9.97 Å². The first-order valence-electron chi connectivity index (χ1n) is 3.84. The highest BCUT2D eigenvalue weighted by molar-refractivity contribution is 4.87. The summed E-state index contributed by atoms with van der Waals surface area (Å²) in [6.45, 7) is 9.97. The first kappa shape index (κ1) is 11.9. The molecule has 0 saturated heterocycles. The summed E-state index contributed by atoms with van der Waals surface area (Å²) in [6.07, 6.45) is 3.44. The Labute approximate surface area is 65.2 Å². The molecule has 2 heteroatoms. The van der Waals surface area contributed by atoms with Gasteiger partial charge in [-0.2, -0.15) is 0 Å². The minimum absolute atomic E-state index is 0. The predicted molar refractivity (Wildman–Crippen MR) is 48.1 cm³/mol. The molecule has 0 unspecified atom stereocenters. The number of aromatic amines is 1. The highest BCUT2D eigenvalue weighted by Crippen LogP contribution is 1.81. The van der Waals surface area contributed by atoms with Gasteiger partial charge in [0.05, 0.1) is 6.33 Å². The molecule has 0 spiro atoms. The molecule has 0 bridgehead atoms. The minimum atomic E-state index is 0. The number of aromatic nitrogens is 2. The Morgan fingerprint density at radius 1 is 1.30 bits per heavy atom. The Morgan fingerprint density at radius 3 is 1.90 bits per heavy atom. The highest BCUT2D eigenvalue weighted by Gasteiger charge is 1.73. The van der Waals surface area contributed by atoms with Gasteiger partial charge in [0.15, 0.2) is 0 Å². The van der Waals surface area contributed by atoms with Crippen LogP contribution in [-0.2, 0) is 0 Å². The van der Waals surface area contributed by atoms with Crippen LogP contribution in [0, 0.1) is 6.92 Å². The van der Waals surface area contributed by atoms with E-state index in [1.54, 1.807) is 12.5 Å². The fourth-order valence-electron chi connectivity index (χ4n) is 0.325. The Bertz CT molecular complexity index is 116. The molecule has 62 valence electrons. The van der Waals surface area contributed by atoms with E-state index < -0.39 is 0 Å². The second-order valence-corrected chi connectivity index (χ2v) is 1.23. The summed E-state index contributed by atoms with van der Waals surface area (Å²) >= 11 is 0. The molecule has 0 aliphatic carbocycles. The number of imidazole rings is 1. The summed E-state index contributed by atoms with van der Waals surface area (Å²) < 4.78 is 0. The SMILES string of the molecule is CC.CC.Cc1cnc[nH]1.[HH]. The van der Waals surface area contributed by atoms with Gasteiger partial charge in [-0.3, -0.25) is 0 Å². The standard InChI is InChI=1S/C4H6N2.2C2H6.H2/c1-4-2-5-3-6-4;2*1-2;/h2-3H,1H3,(H,5,6);2*1-2H3;1H. The third kappa shape index (κ3) is 7.21. The number of H-pyrrole nitrogens is 1. The molecular formula is C8H20N2. The van der Waals surface area contributed by atoms with E-state index in [1.807, 2.05) is 34.6 Å². The topological polar surface area (TPSA) is 28.7 Å². The van der Waals surface area contributed by atoms with Gasteiger partial charge in [0.2, 0.25) is 0 Å². The molecule has 1 aromatic rings. The second kappa shape index (κ2) is 11.1. The van der Waals surface area contributed by atoms with Crippen molar-refractivity contribution in [2.24, 2.45) is 0 Å². The van der Waals surface area contributed by atoms with Crippen LogP contribution in [0.1, 0.15) is 34.8 Å². The van der Waals surface area contributed by atoms with Crippen molar-refractivity contribution >= 4 is 0 Å². The lowest BCUT2D eigenvalue weighted by Crippen LogP contribution is -1.59. The summed E-state index contributed by atoms with van der Waals surface area (Å²) in [7, 11) is 0. The average Bonchev–Trinajstić information content (AvgIpc) is 2.48. The van der Waals surface area contributed by atoms with Gasteiger partial charge in [0, 0.05) is 13.3 Å². The van der Waals surface area contributed by atoms with E-state index >= 15 is 0 Å². The molecule has 0 amide bonds. The van der Waals surface area contributed by atoms with Crippen molar-refractivity contribution in [1.82, 2.24) is 9.97 Å². The summed E-state index contributed by atoms with van der Waals surface area (Å²) in [4.78, 5) is 6.66. The van der Waals surface area contributed by atoms with Gasteiger partial charge in [-0.05, 0) is 6.92 Å². The monoisotopic (exact) mass is 144 g/mol. The van der Waals surface area contributed by atoms with E-state index in [1.165, 1.54) is 0 Å². The molecule has 1 N–H and O–H groups in total. The lowest BCUT2D eigenvalue weighted by molar-refractivity contribution is 1.25.